The zero-order chi connectivity index (χ0) is 13.5. The molecule has 5 nitrogen and oxygen atoms in total. The zero-order valence-electron chi connectivity index (χ0n) is 11.2. The molecule has 1 amide bonds. The molecule has 5 heteroatoms. The lowest BCUT2D eigenvalue weighted by Gasteiger charge is -2.25. The summed E-state index contributed by atoms with van der Waals surface area (Å²) in [7, 11) is 0. The number of ether oxygens (including phenoxy) is 1. The van der Waals surface area contributed by atoms with Gasteiger partial charge in [-0.15, -0.1) is 0 Å². The Labute approximate surface area is 107 Å². The number of carbonyl (C=O) groups excluding carboxylic acids is 1. The van der Waals surface area contributed by atoms with Gasteiger partial charge in [0.15, 0.2) is 0 Å². The van der Waals surface area contributed by atoms with Crippen LogP contribution in [0.2, 0.25) is 0 Å². The molecule has 0 bridgehead atoms. The Morgan fingerprint density at radius 2 is 1.67 bits per heavy atom. The summed E-state index contributed by atoms with van der Waals surface area (Å²) < 4.78 is 5.33. The number of hydrogen-bond acceptors (Lipinski definition) is 3. The largest absolute Gasteiger partial charge is 0.481 e. The van der Waals surface area contributed by atoms with Gasteiger partial charge in [-0.1, -0.05) is 0 Å². The third-order valence-corrected chi connectivity index (χ3v) is 3.75. The third kappa shape index (κ3) is 2.76. The summed E-state index contributed by atoms with van der Waals surface area (Å²) in [6.07, 6.45) is 1.11. The van der Waals surface area contributed by atoms with Crippen molar-refractivity contribution in [2.45, 2.75) is 39.2 Å². The van der Waals surface area contributed by atoms with E-state index < -0.39 is 11.6 Å². The van der Waals surface area contributed by atoms with Gasteiger partial charge in [-0.3, -0.25) is 4.79 Å². The van der Waals surface area contributed by atoms with Crippen LogP contribution in [0.25, 0.3) is 0 Å². The zero-order valence-corrected chi connectivity index (χ0v) is 11.2. The molecule has 1 saturated carbocycles. The van der Waals surface area contributed by atoms with Crippen LogP contribution in [0, 0.1) is 17.8 Å². The van der Waals surface area contributed by atoms with Gasteiger partial charge in [-0.25, -0.2) is 4.79 Å². The average Bonchev–Trinajstić information content (AvgIpc) is 2.69. The molecule has 0 spiro atoms. The van der Waals surface area contributed by atoms with Crippen molar-refractivity contribution in [3.05, 3.63) is 0 Å². The molecule has 1 aliphatic heterocycles. The molecule has 1 N–H and O–H groups in total. The molecule has 0 aromatic rings. The van der Waals surface area contributed by atoms with Gasteiger partial charge < -0.3 is 14.7 Å². The monoisotopic (exact) mass is 255 g/mol. The second-order valence-electron chi connectivity index (χ2n) is 6.41. The molecular weight excluding hydrogens is 234 g/mol. The van der Waals surface area contributed by atoms with Crippen LogP contribution in [0.3, 0.4) is 0 Å². The summed E-state index contributed by atoms with van der Waals surface area (Å²) in [5.74, 6) is -0.258. The lowest BCUT2D eigenvalue weighted by atomic mass is 10.0. The number of aliphatic carboxylic acids is 1. The number of nitrogens with zero attached hydrogens (tertiary/aromatic N) is 1. The van der Waals surface area contributed by atoms with Gasteiger partial charge in [-0.2, -0.15) is 0 Å². The van der Waals surface area contributed by atoms with Crippen LogP contribution < -0.4 is 0 Å². The molecule has 2 atom stereocenters. The lowest BCUT2D eigenvalue weighted by molar-refractivity contribution is -0.141. The Morgan fingerprint density at radius 3 is 2.06 bits per heavy atom. The van der Waals surface area contributed by atoms with Gasteiger partial charge >= 0.3 is 12.1 Å². The number of amides is 1. The highest BCUT2D eigenvalue weighted by Gasteiger charge is 2.45. The average molecular weight is 255 g/mol. The first-order valence-electron chi connectivity index (χ1n) is 6.47. The second kappa shape index (κ2) is 4.44. The number of fused-ring (bicyclic) bond motifs is 1. The quantitative estimate of drug-likeness (QED) is 0.777. The van der Waals surface area contributed by atoms with E-state index in [1.807, 2.05) is 20.8 Å². The van der Waals surface area contributed by atoms with E-state index in [1.165, 1.54) is 0 Å². The third-order valence-electron chi connectivity index (χ3n) is 3.75. The Hall–Kier alpha value is -1.26. The molecule has 0 aromatic carbocycles. The smallest absolute Gasteiger partial charge is 0.410 e. The maximum Gasteiger partial charge on any atom is 0.410 e. The highest BCUT2D eigenvalue weighted by molar-refractivity contribution is 5.71. The molecule has 1 saturated heterocycles. The first-order valence-corrected chi connectivity index (χ1v) is 6.47. The van der Waals surface area contributed by atoms with Crippen LogP contribution in [-0.4, -0.2) is 40.8 Å². The number of carboxylic acid groups (broad SMARTS) is 1. The molecular formula is C13H21NO4. The predicted octanol–water partition coefficient (Wildman–Crippen LogP) is 1.96. The number of likely N-dealkylation sites (tertiary alicyclic amines) is 1. The van der Waals surface area contributed by atoms with Crippen LogP contribution in [0.5, 0.6) is 0 Å². The summed E-state index contributed by atoms with van der Waals surface area (Å²) in [6.45, 7) is 6.83. The molecule has 102 valence electrons. The van der Waals surface area contributed by atoms with Crippen molar-refractivity contribution in [3.8, 4) is 0 Å². The van der Waals surface area contributed by atoms with E-state index in [9.17, 15) is 9.59 Å². The number of rotatable bonds is 1. The van der Waals surface area contributed by atoms with E-state index in [0.29, 0.717) is 37.8 Å². The highest BCUT2D eigenvalue weighted by Crippen LogP contribution is 2.41. The van der Waals surface area contributed by atoms with Crippen LogP contribution >= 0.6 is 0 Å². The van der Waals surface area contributed by atoms with Crippen LogP contribution in [0.4, 0.5) is 4.79 Å². The van der Waals surface area contributed by atoms with E-state index in [-0.39, 0.29) is 12.0 Å². The Balaban J connectivity index is 1.89. The van der Waals surface area contributed by atoms with Crippen molar-refractivity contribution in [1.82, 2.24) is 4.90 Å². The van der Waals surface area contributed by atoms with Crippen molar-refractivity contribution in [2.24, 2.45) is 17.8 Å². The van der Waals surface area contributed by atoms with Crippen molar-refractivity contribution in [2.75, 3.05) is 13.1 Å². The van der Waals surface area contributed by atoms with Crippen molar-refractivity contribution >= 4 is 12.1 Å². The summed E-state index contributed by atoms with van der Waals surface area (Å²) in [6, 6.07) is 0. The summed E-state index contributed by atoms with van der Waals surface area (Å²) in [5, 5.41) is 8.99. The maximum absolute atomic E-state index is 11.9. The second-order valence-corrected chi connectivity index (χ2v) is 6.41. The predicted molar refractivity (Wildman–Crippen MR) is 65.1 cm³/mol. The normalized spacial score (nSPS) is 28.3. The molecule has 1 aliphatic carbocycles. The number of carboxylic acids is 1. The minimum absolute atomic E-state index is 0.221. The molecule has 2 fully saturated rings. The summed E-state index contributed by atoms with van der Waals surface area (Å²) >= 11 is 0. The van der Waals surface area contributed by atoms with Crippen molar-refractivity contribution < 1.29 is 19.4 Å². The minimum atomic E-state index is -0.701. The molecule has 2 aliphatic rings. The molecule has 1 heterocycles. The van der Waals surface area contributed by atoms with Crippen molar-refractivity contribution in [1.29, 1.82) is 0 Å². The summed E-state index contributed by atoms with van der Waals surface area (Å²) in [4.78, 5) is 24.5. The van der Waals surface area contributed by atoms with Crippen molar-refractivity contribution in [3.63, 3.8) is 0 Å². The van der Waals surface area contributed by atoms with E-state index in [1.54, 1.807) is 4.90 Å². The van der Waals surface area contributed by atoms with Crippen LogP contribution in [0.1, 0.15) is 33.6 Å². The van der Waals surface area contributed by atoms with Gasteiger partial charge in [0, 0.05) is 13.1 Å². The summed E-state index contributed by atoms with van der Waals surface area (Å²) in [5.41, 5.74) is -0.474. The van der Waals surface area contributed by atoms with Gasteiger partial charge in [-0.05, 0) is 45.4 Å². The van der Waals surface area contributed by atoms with E-state index >= 15 is 0 Å². The molecule has 2 rings (SSSR count). The lowest BCUT2D eigenvalue weighted by Crippen LogP contribution is -2.36. The van der Waals surface area contributed by atoms with Gasteiger partial charge in [0.2, 0.25) is 0 Å². The molecule has 0 unspecified atom stereocenters. The van der Waals surface area contributed by atoms with Gasteiger partial charge in [0.05, 0.1) is 5.92 Å². The number of hydrogen-bond donors (Lipinski definition) is 1. The first kappa shape index (κ1) is 13.2. The van der Waals surface area contributed by atoms with Crippen LogP contribution in [-0.2, 0) is 9.53 Å². The first-order chi connectivity index (χ1) is 8.26. The molecule has 0 aromatic heterocycles. The highest BCUT2D eigenvalue weighted by atomic mass is 16.6. The fourth-order valence-corrected chi connectivity index (χ4v) is 2.98. The number of carbonyl (C=O) groups is 2. The SMILES string of the molecule is CC(C)(C)OC(=O)N1C[C@@H]2CC(C(=O)O)C[C@H]2C1. The fraction of sp³-hybridized carbons (Fsp3) is 0.846. The molecule has 18 heavy (non-hydrogen) atoms. The molecule has 0 radical (unpaired) electrons. The van der Waals surface area contributed by atoms with Crippen LogP contribution in [0.15, 0.2) is 0 Å². The Morgan fingerprint density at radius 1 is 1.17 bits per heavy atom. The van der Waals surface area contributed by atoms with E-state index in [2.05, 4.69) is 0 Å². The minimum Gasteiger partial charge on any atom is -0.481 e. The Kier molecular flexibility index (Phi) is 3.25. The van der Waals surface area contributed by atoms with Gasteiger partial charge in [0.1, 0.15) is 5.60 Å². The maximum atomic E-state index is 11.9. The van der Waals surface area contributed by atoms with Gasteiger partial charge in [0.25, 0.3) is 0 Å². The van der Waals surface area contributed by atoms with E-state index in [4.69, 9.17) is 9.84 Å². The Bertz CT molecular complexity index is 346. The topological polar surface area (TPSA) is 66.8 Å². The fourth-order valence-electron chi connectivity index (χ4n) is 2.98. The van der Waals surface area contributed by atoms with E-state index in [0.717, 1.165) is 0 Å². The standard InChI is InChI=1S/C13H21NO4/c1-13(2,3)18-12(17)14-6-9-4-8(11(15)16)5-10(9)7-14/h8-10H,4-7H2,1-3H3,(H,15,16)/t9-,10-/m0/s1.